The van der Waals surface area contributed by atoms with Gasteiger partial charge in [0.25, 0.3) is 0 Å². The fourth-order valence-electron chi connectivity index (χ4n) is 5.01. The number of hydrogen-bond donors (Lipinski definition) is 1. The van der Waals surface area contributed by atoms with Crippen molar-refractivity contribution >= 4 is 35.3 Å². The predicted octanol–water partition coefficient (Wildman–Crippen LogP) is 3.94. The number of aliphatic imine (C=N–C) groups is 1. The van der Waals surface area contributed by atoms with Crippen molar-refractivity contribution in [1.29, 1.82) is 0 Å². The molecule has 40 heavy (non-hydrogen) atoms. The summed E-state index contributed by atoms with van der Waals surface area (Å²) in [6.45, 7) is 2.22. The van der Waals surface area contributed by atoms with Crippen LogP contribution in [-0.4, -0.2) is 75.7 Å². The average molecular weight is 559 g/mol. The van der Waals surface area contributed by atoms with Crippen LogP contribution in [0, 0.1) is 11.6 Å². The molecule has 0 aliphatic carbocycles. The molecule has 13 heteroatoms. The zero-order chi connectivity index (χ0) is 29.1. The number of ether oxygens (including phenoxy) is 3. The highest BCUT2D eigenvalue weighted by atomic mass is 19.1. The van der Waals surface area contributed by atoms with Crippen molar-refractivity contribution in [3.63, 3.8) is 0 Å². The van der Waals surface area contributed by atoms with Crippen LogP contribution in [0.4, 0.5) is 29.7 Å². The Bertz CT molecular complexity index is 1340. The highest BCUT2D eigenvalue weighted by Crippen LogP contribution is 2.42. The number of anilines is 2. The number of piperidine rings is 1. The van der Waals surface area contributed by atoms with Crippen LogP contribution in [0.2, 0.25) is 0 Å². The Morgan fingerprint density at radius 2 is 1.75 bits per heavy atom. The number of carbonyl (C=O) groups excluding carboxylic acids is 2. The molecule has 214 valence electrons. The smallest absolute Gasteiger partial charge is 0.409 e. The molecule has 1 fully saturated rings. The van der Waals surface area contributed by atoms with Crippen molar-refractivity contribution in [3.05, 3.63) is 46.9 Å². The van der Waals surface area contributed by atoms with Crippen molar-refractivity contribution in [3.8, 4) is 11.5 Å². The van der Waals surface area contributed by atoms with Crippen molar-refractivity contribution in [2.24, 2.45) is 10.7 Å². The lowest BCUT2D eigenvalue weighted by atomic mass is 9.99. The number of amides is 3. The molecular formula is C27H32F2N6O5. The molecule has 0 atom stereocenters. The summed E-state index contributed by atoms with van der Waals surface area (Å²) < 4.78 is 46.1. The maximum absolute atomic E-state index is 15.5. The van der Waals surface area contributed by atoms with E-state index in [0.717, 1.165) is 11.0 Å². The summed E-state index contributed by atoms with van der Waals surface area (Å²) >= 11 is 0. The minimum atomic E-state index is -1.04. The molecule has 1 aromatic carbocycles. The summed E-state index contributed by atoms with van der Waals surface area (Å²) in [5.74, 6) is -2.62. The van der Waals surface area contributed by atoms with E-state index in [1.165, 1.54) is 26.2 Å². The van der Waals surface area contributed by atoms with Crippen LogP contribution >= 0.6 is 0 Å². The van der Waals surface area contributed by atoms with Gasteiger partial charge in [-0.05, 0) is 25.8 Å². The molecule has 2 N–H and O–H groups in total. The Kier molecular flexibility index (Phi) is 8.40. The zero-order valence-corrected chi connectivity index (χ0v) is 23.0. The molecule has 1 saturated heterocycles. The lowest BCUT2D eigenvalue weighted by molar-refractivity contribution is 0.112. The van der Waals surface area contributed by atoms with E-state index >= 15 is 8.78 Å². The Hall–Kier alpha value is -4.42. The van der Waals surface area contributed by atoms with E-state index in [1.807, 2.05) is 0 Å². The van der Waals surface area contributed by atoms with Gasteiger partial charge < -0.3 is 24.8 Å². The molecule has 2 aromatic rings. The molecule has 0 radical (unpaired) electrons. The molecule has 11 nitrogen and oxygen atoms in total. The van der Waals surface area contributed by atoms with Gasteiger partial charge in [0.1, 0.15) is 5.69 Å². The van der Waals surface area contributed by atoms with Crippen LogP contribution in [0.25, 0.3) is 5.57 Å². The summed E-state index contributed by atoms with van der Waals surface area (Å²) in [6.07, 6.45) is 3.49. The number of pyridine rings is 1. The van der Waals surface area contributed by atoms with Crippen LogP contribution in [0.3, 0.4) is 0 Å². The summed E-state index contributed by atoms with van der Waals surface area (Å²) in [4.78, 5) is 38.9. The maximum Gasteiger partial charge on any atom is 0.409 e. The number of hydrogen-bond acceptors (Lipinski definition) is 8. The van der Waals surface area contributed by atoms with Crippen molar-refractivity contribution in [2.45, 2.75) is 32.4 Å². The summed E-state index contributed by atoms with van der Waals surface area (Å²) in [7, 11) is 5.39. The van der Waals surface area contributed by atoms with Gasteiger partial charge in [0.15, 0.2) is 23.1 Å². The molecule has 0 bridgehead atoms. The lowest BCUT2D eigenvalue weighted by Gasteiger charge is -2.44. The first-order chi connectivity index (χ1) is 19.2. The van der Waals surface area contributed by atoms with Gasteiger partial charge in [-0.25, -0.2) is 18.4 Å². The Labute approximate surface area is 230 Å². The monoisotopic (exact) mass is 558 g/mol. The van der Waals surface area contributed by atoms with Gasteiger partial charge >= 0.3 is 12.1 Å². The second-order valence-electron chi connectivity index (χ2n) is 9.37. The number of likely N-dealkylation sites (tertiary alicyclic amines) is 1. The van der Waals surface area contributed by atoms with Gasteiger partial charge in [-0.15, -0.1) is 0 Å². The van der Waals surface area contributed by atoms with Crippen LogP contribution < -0.4 is 25.0 Å². The molecule has 2 aliphatic heterocycles. The normalized spacial score (nSPS) is 16.7. The molecule has 0 saturated carbocycles. The van der Waals surface area contributed by atoms with Gasteiger partial charge in [0.05, 0.1) is 39.3 Å². The third-order valence-electron chi connectivity index (χ3n) is 7.03. The summed E-state index contributed by atoms with van der Waals surface area (Å²) in [5.41, 5.74) is 8.12. The highest BCUT2D eigenvalue weighted by Gasteiger charge is 2.41. The van der Waals surface area contributed by atoms with E-state index < -0.39 is 35.5 Å². The standard InChI is InChI=1S/C27H32F2N6O5/c1-15(30)18(13-31-2)19-10-20-16(12-32-19)14-34(25-23(28)21(38-3)11-22(39-4)24(25)29)26(36)35(20)17-6-8-33(9-7-17)27(37)40-5/h10-13,17H,6-9,14,30H2,1-5H3. The summed E-state index contributed by atoms with van der Waals surface area (Å²) in [6, 6.07) is 1.77. The number of nitrogens with two attached hydrogens (primary N) is 1. The van der Waals surface area contributed by atoms with Gasteiger partial charge in [-0.3, -0.25) is 19.8 Å². The molecule has 0 unspecified atom stereocenters. The third kappa shape index (κ3) is 5.10. The number of benzene rings is 1. The van der Waals surface area contributed by atoms with E-state index in [1.54, 1.807) is 37.3 Å². The average Bonchev–Trinajstić information content (AvgIpc) is 2.95. The number of nitrogens with zero attached hydrogens (tertiary/aromatic N) is 5. The van der Waals surface area contributed by atoms with Gasteiger partial charge in [0.2, 0.25) is 0 Å². The van der Waals surface area contributed by atoms with E-state index in [2.05, 4.69) is 9.98 Å². The number of halogens is 2. The quantitative estimate of drug-likeness (QED) is 0.533. The first-order valence-electron chi connectivity index (χ1n) is 12.6. The zero-order valence-electron chi connectivity index (χ0n) is 23.0. The van der Waals surface area contributed by atoms with Crippen LogP contribution in [0.5, 0.6) is 11.5 Å². The first-order valence-corrected chi connectivity index (χ1v) is 12.6. The van der Waals surface area contributed by atoms with Crippen molar-refractivity contribution < 1.29 is 32.6 Å². The minimum absolute atomic E-state index is 0.161. The molecule has 4 rings (SSSR count). The second kappa shape index (κ2) is 11.8. The number of aromatic nitrogens is 1. The topological polar surface area (TPSA) is 123 Å². The fraction of sp³-hybridized carbons (Fsp3) is 0.407. The summed E-state index contributed by atoms with van der Waals surface area (Å²) in [5, 5.41) is 0. The van der Waals surface area contributed by atoms with Crippen LogP contribution in [0.15, 0.2) is 29.0 Å². The lowest BCUT2D eigenvalue weighted by Crippen LogP contribution is -2.55. The molecule has 0 spiro atoms. The fourth-order valence-corrected chi connectivity index (χ4v) is 5.01. The van der Waals surface area contributed by atoms with Crippen LogP contribution in [0.1, 0.15) is 31.0 Å². The molecule has 1 aromatic heterocycles. The predicted molar refractivity (Wildman–Crippen MR) is 146 cm³/mol. The highest BCUT2D eigenvalue weighted by molar-refractivity contribution is 6.11. The van der Waals surface area contributed by atoms with E-state index in [4.69, 9.17) is 19.9 Å². The van der Waals surface area contributed by atoms with E-state index in [-0.39, 0.29) is 18.0 Å². The Morgan fingerprint density at radius 3 is 2.27 bits per heavy atom. The Balaban J connectivity index is 1.85. The molecule has 2 aliphatic rings. The van der Waals surface area contributed by atoms with Gasteiger partial charge in [0, 0.05) is 61.5 Å². The van der Waals surface area contributed by atoms with Crippen molar-refractivity contribution in [1.82, 2.24) is 9.88 Å². The van der Waals surface area contributed by atoms with Gasteiger partial charge in [-0.1, -0.05) is 0 Å². The first kappa shape index (κ1) is 28.6. The van der Waals surface area contributed by atoms with Crippen molar-refractivity contribution in [2.75, 3.05) is 51.3 Å². The number of methoxy groups -OCH3 is 3. The van der Waals surface area contributed by atoms with E-state index in [9.17, 15) is 9.59 Å². The maximum atomic E-state index is 15.5. The number of fused-ring (bicyclic) bond motifs is 1. The molecule has 3 amide bonds. The van der Waals surface area contributed by atoms with Crippen LogP contribution in [-0.2, 0) is 11.3 Å². The molecular weight excluding hydrogens is 526 g/mol. The number of carbonyl (C=O) groups is 2. The second-order valence-corrected chi connectivity index (χ2v) is 9.37. The molecule has 3 heterocycles. The SMILES string of the molecule is CN=CC(=C(C)N)c1cc2c(cn1)CN(c1c(F)c(OC)cc(OC)c1F)C(=O)N2C1CCN(C(=O)OC)CC1. The largest absolute Gasteiger partial charge is 0.493 e. The van der Waals surface area contributed by atoms with Gasteiger partial charge in [-0.2, -0.15) is 0 Å². The third-order valence-corrected chi connectivity index (χ3v) is 7.03. The van der Waals surface area contributed by atoms with E-state index in [0.29, 0.717) is 54.1 Å². The Morgan fingerprint density at radius 1 is 1.12 bits per heavy atom. The number of rotatable bonds is 6. The number of urea groups is 1. The number of allylic oxidation sites excluding steroid dienone is 2. The minimum Gasteiger partial charge on any atom is -0.493 e.